The summed E-state index contributed by atoms with van der Waals surface area (Å²) in [6, 6.07) is 1.59. The van der Waals surface area contributed by atoms with Crippen LogP contribution in [0.1, 0.15) is 41.1 Å². The van der Waals surface area contributed by atoms with E-state index in [1.807, 2.05) is 13.0 Å². The molecule has 26 heavy (non-hydrogen) atoms. The van der Waals surface area contributed by atoms with E-state index in [0.717, 1.165) is 16.4 Å². The highest BCUT2D eigenvalue weighted by Crippen LogP contribution is 2.25. The zero-order chi connectivity index (χ0) is 18.1. The molecule has 0 bridgehead atoms. The summed E-state index contributed by atoms with van der Waals surface area (Å²) >= 11 is 1.31. The molecule has 0 spiro atoms. The molecular formula is C16H15N7O2S. The second-order valence-corrected chi connectivity index (χ2v) is 6.65. The molecule has 132 valence electrons. The maximum Gasteiger partial charge on any atom is 0.270 e. The molecule has 2 amide bonds. The average molecular weight is 369 g/mol. The van der Waals surface area contributed by atoms with Crippen LogP contribution >= 0.6 is 11.5 Å². The number of aromatic nitrogens is 5. The number of hydrogen-bond acceptors (Lipinski definition) is 7. The molecule has 10 heteroatoms. The minimum absolute atomic E-state index is 0.108. The van der Waals surface area contributed by atoms with Gasteiger partial charge in [-0.05, 0) is 30.9 Å². The van der Waals surface area contributed by atoms with Crippen molar-refractivity contribution in [1.82, 2.24) is 29.6 Å². The summed E-state index contributed by atoms with van der Waals surface area (Å²) in [6.45, 7) is 1.86. The van der Waals surface area contributed by atoms with Crippen LogP contribution in [-0.4, -0.2) is 36.1 Å². The number of rotatable bonds is 4. The summed E-state index contributed by atoms with van der Waals surface area (Å²) in [6.07, 6.45) is 5.46. The molecule has 1 aliphatic heterocycles. The molecule has 0 radical (unpaired) electrons. The quantitative estimate of drug-likeness (QED) is 0.643. The Morgan fingerprint density at radius 3 is 3.00 bits per heavy atom. The van der Waals surface area contributed by atoms with Crippen LogP contribution in [0.5, 0.6) is 0 Å². The largest absolute Gasteiger partial charge is 0.344 e. The summed E-state index contributed by atoms with van der Waals surface area (Å²) in [5.74, 6) is 0.722. The Morgan fingerprint density at radius 1 is 1.31 bits per heavy atom. The summed E-state index contributed by atoms with van der Waals surface area (Å²) in [4.78, 5) is 40.4. The smallest absolute Gasteiger partial charge is 0.270 e. The molecule has 9 nitrogen and oxygen atoms in total. The lowest BCUT2D eigenvalue weighted by Crippen LogP contribution is -2.31. The lowest BCUT2D eigenvalue weighted by molar-refractivity contribution is -0.116. The monoisotopic (exact) mass is 369 g/mol. The standard InChI is InChI=1S/C16H15N7O2S/c1-8(10-6-11(26-23-10)15-17-4-5-18-15)21-16(25)13-9-2-3-12(24)22-14(9)20-7-19-13/h4-8H,2-3H2,1H3,(H,17,18)(H,21,25)(H,19,20,22,24)/t8-/m1/s1. The first-order valence-corrected chi connectivity index (χ1v) is 8.80. The molecule has 0 fully saturated rings. The van der Waals surface area contributed by atoms with Gasteiger partial charge in [0.1, 0.15) is 23.7 Å². The molecule has 4 rings (SSSR count). The van der Waals surface area contributed by atoms with Gasteiger partial charge in [0.15, 0.2) is 0 Å². The van der Waals surface area contributed by atoms with Gasteiger partial charge < -0.3 is 15.6 Å². The maximum atomic E-state index is 12.7. The fourth-order valence-corrected chi connectivity index (χ4v) is 3.52. The molecule has 0 aliphatic carbocycles. The summed E-state index contributed by atoms with van der Waals surface area (Å²) in [7, 11) is 0. The van der Waals surface area contributed by atoms with Gasteiger partial charge in [0.25, 0.3) is 5.91 Å². The van der Waals surface area contributed by atoms with E-state index < -0.39 is 0 Å². The van der Waals surface area contributed by atoms with Gasteiger partial charge in [0.05, 0.1) is 16.6 Å². The molecule has 4 heterocycles. The minimum Gasteiger partial charge on any atom is -0.344 e. The van der Waals surface area contributed by atoms with Crippen LogP contribution in [0.25, 0.3) is 10.7 Å². The van der Waals surface area contributed by atoms with Crippen molar-refractivity contribution in [2.24, 2.45) is 0 Å². The lowest BCUT2D eigenvalue weighted by Gasteiger charge is -2.18. The molecule has 1 atom stereocenters. The van der Waals surface area contributed by atoms with Crippen molar-refractivity contribution in [3.05, 3.63) is 41.7 Å². The van der Waals surface area contributed by atoms with E-state index in [4.69, 9.17) is 0 Å². The number of imidazole rings is 1. The van der Waals surface area contributed by atoms with E-state index in [1.165, 1.54) is 17.9 Å². The molecule has 0 saturated carbocycles. The number of carbonyl (C=O) groups is 2. The third-order valence-electron chi connectivity index (χ3n) is 4.07. The van der Waals surface area contributed by atoms with Crippen LogP contribution < -0.4 is 10.6 Å². The van der Waals surface area contributed by atoms with Gasteiger partial charge in [0.2, 0.25) is 5.91 Å². The van der Waals surface area contributed by atoms with Crippen molar-refractivity contribution >= 4 is 29.2 Å². The molecule has 3 aromatic heterocycles. The van der Waals surface area contributed by atoms with Crippen LogP contribution in [0.15, 0.2) is 24.8 Å². The van der Waals surface area contributed by atoms with Gasteiger partial charge in [-0.2, -0.15) is 4.37 Å². The van der Waals surface area contributed by atoms with Crippen molar-refractivity contribution in [3.8, 4) is 10.7 Å². The van der Waals surface area contributed by atoms with Crippen LogP contribution in [-0.2, 0) is 11.2 Å². The number of H-pyrrole nitrogens is 1. The summed E-state index contributed by atoms with van der Waals surface area (Å²) in [5, 5.41) is 5.57. The van der Waals surface area contributed by atoms with Gasteiger partial charge in [-0.3, -0.25) is 9.59 Å². The highest BCUT2D eigenvalue weighted by molar-refractivity contribution is 7.09. The number of carbonyl (C=O) groups excluding carboxylic acids is 2. The molecule has 1 aliphatic rings. The summed E-state index contributed by atoms with van der Waals surface area (Å²) in [5.41, 5.74) is 1.68. The summed E-state index contributed by atoms with van der Waals surface area (Å²) < 4.78 is 4.39. The second kappa shape index (κ2) is 6.64. The van der Waals surface area contributed by atoms with Gasteiger partial charge in [-0.1, -0.05) is 0 Å². The first kappa shape index (κ1) is 16.3. The lowest BCUT2D eigenvalue weighted by atomic mass is 10.0. The van der Waals surface area contributed by atoms with E-state index in [0.29, 0.717) is 24.2 Å². The van der Waals surface area contributed by atoms with Crippen molar-refractivity contribution in [3.63, 3.8) is 0 Å². The second-order valence-electron chi connectivity index (χ2n) is 5.85. The number of aromatic amines is 1. The number of nitrogens with one attached hydrogen (secondary N) is 3. The Labute approximate surface area is 152 Å². The third-order valence-corrected chi connectivity index (χ3v) is 4.88. The van der Waals surface area contributed by atoms with E-state index >= 15 is 0 Å². The first-order valence-electron chi connectivity index (χ1n) is 8.03. The van der Waals surface area contributed by atoms with Gasteiger partial charge >= 0.3 is 0 Å². The van der Waals surface area contributed by atoms with E-state index in [2.05, 4.69) is 34.9 Å². The van der Waals surface area contributed by atoms with Crippen LogP contribution in [0.2, 0.25) is 0 Å². The molecule has 3 N–H and O–H groups in total. The van der Waals surface area contributed by atoms with Crippen molar-refractivity contribution in [2.45, 2.75) is 25.8 Å². The number of fused-ring (bicyclic) bond motifs is 1. The predicted octanol–water partition coefficient (Wildman–Crippen LogP) is 1.70. The van der Waals surface area contributed by atoms with Crippen LogP contribution in [0.4, 0.5) is 5.82 Å². The molecule has 0 saturated heterocycles. The number of nitrogens with zero attached hydrogens (tertiary/aromatic N) is 4. The third kappa shape index (κ3) is 3.06. The fraction of sp³-hybridized carbons (Fsp3) is 0.250. The van der Waals surface area contributed by atoms with Crippen LogP contribution in [0, 0.1) is 0 Å². The molecule has 0 unspecified atom stereocenters. The van der Waals surface area contributed by atoms with E-state index in [-0.39, 0.29) is 23.6 Å². The number of hydrogen-bond donors (Lipinski definition) is 3. The number of amides is 2. The minimum atomic E-state index is -0.320. The van der Waals surface area contributed by atoms with Crippen molar-refractivity contribution in [2.75, 3.05) is 5.32 Å². The normalized spacial score (nSPS) is 14.4. The Morgan fingerprint density at radius 2 is 2.19 bits per heavy atom. The van der Waals surface area contributed by atoms with Crippen LogP contribution in [0.3, 0.4) is 0 Å². The predicted molar refractivity (Wildman–Crippen MR) is 94.6 cm³/mol. The molecular weight excluding hydrogens is 354 g/mol. The topological polar surface area (TPSA) is 126 Å². The first-order chi connectivity index (χ1) is 12.6. The zero-order valence-corrected chi connectivity index (χ0v) is 14.6. The van der Waals surface area contributed by atoms with Crippen molar-refractivity contribution < 1.29 is 9.59 Å². The van der Waals surface area contributed by atoms with Crippen molar-refractivity contribution in [1.29, 1.82) is 0 Å². The van der Waals surface area contributed by atoms with Gasteiger partial charge in [-0.15, -0.1) is 0 Å². The van der Waals surface area contributed by atoms with Gasteiger partial charge in [-0.25, -0.2) is 15.0 Å². The van der Waals surface area contributed by atoms with E-state index in [9.17, 15) is 9.59 Å². The highest BCUT2D eigenvalue weighted by Gasteiger charge is 2.24. The fourth-order valence-electron chi connectivity index (χ4n) is 2.73. The van der Waals surface area contributed by atoms with E-state index in [1.54, 1.807) is 12.4 Å². The Kier molecular flexibility index (Phi) is 4.17. The zero-order valence-electron chi connectivity index (χ0n) is 13.8. The molecule has 0 aromatic carbocycles. The molecule has 3 aromatic rings. The average Bonchev–Trinajstić information content (AvgIpc) is 3.32. The highest BCUT2D eigenvalue weighted by atomic mass is 32.1. The Bertz CT molecular complexity index is 967. The Balaban J connectivity index is 1.52. The number of anilines is 1. The Hall–Kier alpha value is -3.14. The van der Waals surface area contributed by atoms with Gasteiger partial charge in [0, 0.05) is 24.4 Å². The maximum absolute atomic E-state index is 12.7. The SMILES string of the molecule is C[C@@H](NC(=O)c1ncnc2c1CCC(=O)N2)c1cc(-c2ncc[nH]2)sn1.